The second kappa shape index (κ2) is 7.11. The maximum absolute atomic E-state index is 14.0. The zero-order valence-electron chi connectivity index (χ0n) is 13.8. The van der Waals surface area contributed by atoms with Crippen LogP contribution in [0.1, 0.15) is 36.8 Å². The third kappa shape index (κ3) is 3.44. The summed E-state index contributed by atoms with van der Waals surface area (Å²) >= 11 is 0. The van der Waals surface area contributed by atoms with E-state index in [1.807, 2.05) is 24.3 Å². The fourth-order valence-electron chi connectivity index (χ4n) is 3.29. The highest BCUT2D eigenvalue weighted by molar-refractivity contribution is 5.52. The van der Waals surface area contributed by atoms with E-state index in [1.165, 1.54) is 6.07 Å². The van der Waals surface area contributed by atoms with Gasteiger partial charge in [-0.2, -0.15) is 4.98 Å². The van der Waals surface area contributed by atoms with Gasteiger partial charge in [0.1, 0.15) is 5.82 Å². The van der Waals surface area contributed by atoms with E-state index in [2.05, 4.69) is 20.0 Å². The zero-order chi connectivity index (χ0) is 17.1. The van der Waals surface area contributed by atoms with E-state index in [-0.39, 0.29) is 11.9 Å². The number of benzene rings is 1. The van der Waals surface area contributed by atoms with E-state index < -0.39 is 0 Å². The van der Waals surface area contributed by atoms with Crippen molar-refractivity contribution in [2.75, 3.05) is 6.54 Å². The van der Waals surface area contributed by atoms with Crippen molar-refractivity contribution in [2.24, 2.45) is 0 Å². The molecule has 0 unspecified atom stereocenters. The van der Waals surface area contributed by atoms with Gasteiger partial charge in [0, 0.05) is 30.1 Å². The van der Waals surface area contributed by atoms with Crippen molar-refractivity contribution in [1.29, 1.82) is 0 Å². The van der Waals surface area contributed by atoms with E-state index in [4.69, 9.17) is 4.52 Å². The normalized spacial score (nSPS) is 18.4. The van der Waals surface area contributed by atoms with Crippen LogP contribution in [-0.2, 0) is 6.54 Å². The fraction of sp³-hybridized carbons (Fsp3) is 0.316. The number of nitrogens with zero attached hydrogens (tertiary/aromatic N) is 4. The molecule has 1 saturated heterocycles. The van der Waals surface area contributed by atoms with E-state index in [1.54, 1.807) is 18.5 Å². The average molecular weight is 338 g/mol. The third-order valence-corrected chi connectivity index (χ3v) is 4.61. The fourth-order valence-corrected chi connectivity index (χ4v) is 3.29. The molecule has 1 fully saturated rings. The molecule has 0 spiro atoms. The molecule has 6 heteroatoms. The summed E-state index contributed by atoms with van der Waals surface area (Å²) in [6.07, 6.45) is 6.54. The molecule has 1 atom stereocenters. The van der Waals surface area contributed by atoms with Gasteiger partial charge in [-0.25, -0.2) is 4.39 Å². The minimum Gasteiger partial charge on any atom is -0.337 e. The quantitative estimate of drug-likeness (QED) is 0.720. The monoisotopic (exact) mass is 338 g/mol. The van der Waals surface area contributed by atoms with Gasteiger partial charge in [0.2, 0.25) is 11.7 Å². The molecule has 0 aliphatic carbocycles. The van der Waals surface area contributed by atoms with Crippen LogP contribution in [0.15, 0.2) is 53.3 Å². The van der Waals surface area contributed by atoms with E-state index in [9.17, 15) is 4.39 Å². The van der Waals surface area contributed by atoms with Crippen LogP contribution in [0.5, 0.6) is 0 Å². The maximum Gasteiger partial charge on any atom is 0.244 e. The van der Waals surface area contributed by atoms with Gasteiger partial charge in [0.15, 0.2) is 0 Å². The number of rotatable bonds is 4. The summed E-state index contributed by atoms with van der Waals surface area (Å²) in [5, 5.41) is 4.11. The number of hydrogen-bond donors (Lipinski definition) is 0. The van der Waals surface area contributed by atoms with E-state index >= 15 is 0 Å². The molecule has 4 rings (SSSR count). The Morgan fingerprint density at radius 1 is 1.12 bits per heavy atom. The van der Waals surface area contributed by atoms with Gasteiger partial charge < -0.3 is 4.52 Å². The van der Waals surface area contributed by atoms with Crippen molar-refractivity contribution >= 4 is 0 Å². The Bertz CT molecular complexity index is 836. The smallest absolute Gasteiger partial charge is 0.244 e. The van der Waals surface area contributed by atoms with E-state index in [0.717, 1.165) is 31.4 Å². The van der Waals surface area contributed by atoms with Crippen LogP contribution < -0.4 is 0 Å². The highest BCUT2D eigenvalue weighted by Crippen LogP contribution is 2.32. The lowest BCUT2D eigenvalue weighted by Crippen LogP contribution is -2.33. The molecule has 1 aliphatic rings. The largest absolute Gasteiger partial charge is 0.337 e. The molecule has 0 N–H and O–H groups in total. The van der Waals surface area contributed by atoms with Gasteiger partial charge in [0.25, 0.3) is 0 Å². The molecular weight excluding hydrogens is 319 g/mol. The molecule has 3 heterocycles. The Balaban J connectivity index is 1.57. The molecule has 0 amide bonds. The number of pyridine rings is 1. The minimum atomic E-state index is -0.171. The summed E-state index contributed by atoms with van der Waals surface area (Å²) in [6.45, 7) is 1.44. The first kappa shape index (κ1) is 15.9. The van der Waals surface area contributed by atoms with Gasteiger partial charge in [0.05, 0.1) is 6.04 Å². The van der Waals surface area contributed by atoms with Crippen LogP contribution in [0, 0.1) is 5.82 Å². The lowest BCUT2D eigenvalue weighted by atomic mass is 10.0. The van der Waals surface area contributed by atoms with Crippen molar-refractivity contribution in [1.82, 2.24) is 20.0 Å². The number of aromatic nitrogens is 3. The number of hydrogen-bond acceptors (Lipinski definition) is 5. The number of halogens is 1. The average Bonchev–Trinajstić information content (AvgIpc) is 3.15. The number of piperidine rings is 1. The van der Waals surface area contributed by atoms with E-state index in [0.29, 0.717) is 23.8 Å². The summed E-state index contributed by atoms with van der Waals surface area (Å²) in [5.41, 5.74) is 1.57. The van der Waals surface area contributed by atoms with Crippen molar-refractivity contribution in [3.63, 3.8) is 0 Å². The first-order valence-corrected chi connectivity index (χ1v) is 8.53. The van der Waals surface area contributed by atoms with Crippen LogP contribution in [0.25, 0.3) is 11.4 Å². The Hall–Kier alpha value is -2.60. The van der Waals surface area contributed by atoms with Gasteiger partial charge in [-0.15, -0.1) is 0 Å². The molecule has 0 radical (unpaired) electrons. The van der Waals surface area contributed by atoms with Gasteiger partial charge in [-0.3, -0.25) is 9.88 Å². The Kier molecular flexibility index (Phi) is 4.52. The standard InChI is InChI=1S/C19H19FN4O/c20-16-6-2-1-5-15(16)13-24-12-4-3-7-17(24)19-22-18(23-25-19)14-8-10-21-11-9-14/h1-2,5-6,8-11,17H,3-4,7,12-13H2/t17-/m1/s1. The van der Waals surface area contributed by atoms with Gasteiger partial charge in [-0.05, 0) is 37.6 Å². The second-order valence-electron chi connectivity index (χ2n) is 6.27. The molecular formula is C19H19FN4O. The molecule has 25 heavy (non-hydrogen) atoms. The summed E-state index contributed by atoms with van der Waals surface area (Å²) < 4.78 is 19.6. The molecule has 1 aromatic carbocycles. The molecule has 3 aromatic rings. The topological polar surface area (TPSA) is 55.1 Å². The Morgan fingerprint density at radius 3 is 2.80 bits per heavy atom. The predicted octanol–water partition coefficient (Wildman–Crippen LogP) is 4.00. The summed E-state index contributed by atoms with van der Waals surface area (Å²) in [4.78, 5) is 10.8. The van der Waals surface area contributed by atoms with Crippen LogP contribution in [0.3, 0.4) is 0 Å². The lowest BCUT2D eigenvalue weighted by Gasteiger charge is -2.33. The highest BCUT2D eigenvalue weighted by Gasteiger charge is 2.29. The third-order valence-electron chi connectivity index (χ3n) is 4.61. The zero-order valence-corrected chi connectivity index (χ0v) is 13.8. The first-order valence-electron chi connectivity index (χ1n) is 8.53. The minimum absolute atomic E-state index is 0.0245. The van der Waals surface area contributed by atoms with Crippen LogP contribution in [-0.4, -0.2) is 26.6 Å². The maximum atomic E-state index is 14.0. The Labute approximate surface area is 145 Å². The molecule has 128 valence electrons. The van der Waals surface area contributed by atoms with Gasteiger partial charge >= 0.3 is 0 Å². The predicted molar refractivity (Wildman–Crippen MR) is 90.9 cm³/mol. The highest BCUT2D eigenvalue weighted by atomic mass is 19.1. The number of likely N-dealkylation sites (tertiary alicyclic amines) is 1. The summed E-state index contributed by atoms with van der Waals surface area (Å²) in [5.74, 6) is 0.992. The molecule has 1 aliphatic heterocycles. The van der Waals surface area contributed by atoms with Crippen LogP contribution in [0.4, 0.5) is 4.39 Å². The van der Waals surface area contributed by atoms with Crippen molar-refractivity contribution in [3.05, 3.63) is 66.1 Å². The van der Waals surface area contributed by atoms with Crippen molar-refractivity contribution in [2.45, 2.75) is 31.8 Å². The van der Waals surface area contributed by atoms with Crippen LogP contribution in [0.2, 0.25) is 0 Å². The van der Waals surface area contributed by atoms with Gasteiger partial charge in [-0.1, -0.05) is 29.8 Å². The molecule has 0 saturated carbocycles. The van der Waals surface area contributed by atoms with Crippen molar-refractivity contribution in [3.8, 4) is 11.4 Å². The SMILES string of the molecule is Fc1ccccc1CN1CCCC[C@@H]1c1nc(-c2ccncc2)no1. The molecule has 0 bridgehead atoms. The Morgan fingerprint density at radius 2 is 1.96 bits per heavy atom. The van der Waals surface area contributed by atoms with Crippen LogP contribution >= 0.6 is 0 Å². The summed E-state index contributed by atoms with van der Waals surface area (Å²) in [7, 11) is 0. The second-order valence-corrected chi connectivity index (χ2v) is 6.27. The molecule has 5 nitrogen and oxygen atoms in total. The molecule has 2 aromatic heterocycles. The first-order chi connectivity index (χ1) is 12.3. The summed E-state index contributed by atoms with van der Waals surface area (Å²) in [6, 6.07) is 10.6. The lowest BCUT2D eigenvalue weighted by molar-refractivity contribution is 0.110. The van der Waals surface area contributed by atoms with Crippen molar-refractivity contribution < 1.29 is 8.91 Å².